The molecular formula is C17H23N3. The zero-order valence-corrected chi connectivity index (χ0v) is 12.2. The second kappa shape index (κ2) is 5.70. The topological polar surface area (TPSA) is 42.1 Å². The molecule has 0 radical (unpaired) electrons. The molecule has 3 heteroatoms. The summed E-state index contributed by atoms with van der Waals surface area (Å²) < 4.78 is 0. The number of aromatic nitrogens is 1. The van der Waals surface area contributed by atoms with Crippen molar-refractivity contribution in [3.8, 4) is 0 Å². The van der Waals surface area contributed by atoms with Gasteiger partial charge < -0.3 is 10.6 Å². The Labute approximate surface area is 120 Å². The number of anilines is 2. The van der Waals surface area contributed by atoms with E-state index in [1.54, 1.807) is 0 Å². The van der Waals surface area contributed by atoms with Crippen LogP contribution < -0.4 is 10.6 Å². The van der Waals surface area contributed by atoms with Crippen LogP contribution in [-0.4, -0.2) is 17.6 Å². The molecule has 3 nitrogen and oxygen atoms in total. The van der Waals surface area contributed by atoms with Gasteiger partial charge in [0.15, 0.2) is 0 Å². The van der Waals surface area contributed by atoms with E-state index >= 15 is 0 Å². The summed E-state index contributed by atoms with van der Waals surface area (Å²) >= 11 is 0. The van der Waals surface area contributed by atoms with E-state index in [0.29, 0.717) is 6.04 Å². The van der Waals surface area contributed by atoms with Gasteiger partial charge in [0.2, 0.25) is 0 Å². The molecule has 0 spiro atoms. The maximum absolute atomic E-state index is 6.09. The van der Waals surface area contributed by atoms with Crippen LogP contribution in [0.4, 0.5) is 11.4 Å². The molecule has 1 saturated carbocycles. The van der Waals surface area contributed by atoms with Crippen LogP contribution in [0.2, 0.25) is 0 Å². The lowest BCUT2D eigenvalue weighted by Crippen LogP contribution is -2.36. The summed E-state index contributed by atoms with van der Waals surface area (Å²) in [7, 11) is 0. The van der Waals surface area contributed by atoms with E-state index in [2.05, 4.69) is 28.9 Å². The Morgan fingerprint density at radius 2 is 1.95 bits per heavy atom. The number of nitrogens with two attached hydrogens (primary N) is 1. The first-order valence-corrected chi connectivity index (χ1v) is 7.70. The monoisotopic (exact) mass is 269 g/mol. The minimum atomic E-state index is 0.675. The standard InChI is InChI=1S/C17H23N3/c1-2-20(13-6-4-3-5-7-13)17-9-8-16(18)15-12-19-11-10-14(15)17/h8-13H,2-7,18H2,1H3. The van der Waals surface area contributed by atoms with Crippen molar-refractivity contribution >= 4 is 22.1 Å². The van der Waals surface area contributed by atoms with E-state index < -0.39 is 0 Å². The van der Waals surface area contributed by atoms with Crippen LogP contribution in [-0.2, 0) is 0 Å². The van der Waals surface area contributed by atoms with Gasteiger partial charge in [-0.1, -0.05) is 19.3 Å². The molecule has 20 heavy (non-hydrogen) atoms. The molecule has 0 saturated heterocycles. The number of pyridine rings is 1. The van der Waals surface area contributed by atoms with Crippen LogP contribution in [0.25, 0.3) is 10.8 Å². The Hall–Kier alpha value is -1.77. The van der Waals surface area contributed by atoms with E-state index in [9.17, 15) is 0 Å². The van der Waals surface area contributed by atoms with E-state index in [1.807, 2.05) is 18.5 Å². The van der Waals surface area contributed by atoms with Crippen molar-refractivity contribution in [2.45, 2.75) is 45.1 Å². The molecule has 1 aromatic heterocycles. The van der Waals surface area contributed by atoms with E-state index in [-0.39, 0.29) is 0 Å². The van der Waals surface area contributed by atoms with Crippen molar-refractivity contribution in [3.05, 3.63) is 30.6 Å². The van der Waals surface area contributed by atoms with Crippen LogP contribution in [0, 0.1) is 0 Å². The summed E-state index contributed by atoms with van der Waals surface area (Å²) in [5, 5.41) is 2.30. The first-order chi connectivity index (χ1) is 9.81. The lowest BCUT2D eigenvalue weighted by molar-refractivity contribution is 0.418. The summed E-state index contributed by atoms with van der Waals surface area (Å²) in [6.45, 7) is 3.30. The average Bonchev–Trinajstić information content (AvgIpc) is 2.52. The Morgan fingerprint density at radius 3 is 2.70 bits per heavy atom. The number of fused-ring (bicyclic) bond motifs is 1. The number of hydrogen-bond acceptors (Lipinski definition) is 3. The fourth-order valence-electron chi connectivity index (χ4n) is 3.46. The van der Waals surface area contributed by atoms with E-state index in [1.165, 1.54) is 43.2 Å². The molecule has 1 aliphatic carbocycles. The van der Waals surface area contributed by atoms with Gasteiger partial charge in [-0.05, 0) is 38.0 Å². The molecule has 2 N–H and O–H groups in total. The van der Waals surface area contributed by atoms with Gasteiger partial charge in [0, 0.05) is 47.1 Å². The van der Waals surface area contributed by atoms with Gasteiger partial charge >= 0.3 is 0 Å². The summed E-state index contributed by atoms with van der Waals surface area (Å²) in [5.74, 6) is 0. The Balaban J connectivity index is 2.05. The predicted octanol–water partition coefficient (Wildman–Crippen LogP) is 3.98. The van der Waals surface area contributed by atoms with Crippen LogP contribution >= 0.6 is 0 Å². The van der Waals surface area contributed by atoms with E-state index in [4.69, 9.17) is 5.73 Å². The Kier molecular flexibility index (Phi) is 3.77. The van der Waals surface area contributed by atoms with Gasteiger partial charge in [-0.15, -0.1) is 0 Å². The van der Waals surface area contributed by atoms with Crippen molar-refractivity contribution in [3.63, 3.8) is 0 Å². The molecule has 0 unspecified atom stereocenters. The molecule has 1 heterocycles. The molecule has 0 bridgehead atoms. The maximum atomic E-state index is 6.09. The van der Waals surface area contributed by atoms with E-state index in [0.717, 1.165) is 17.6 Å². The first kappa shape index (κ1) is 13.2. The third kappa shape index (κ3) is 2.33. The highest BCUT2D eigenvalue weighted by Gasteiger charge is 2.21. The van der Waals surface area contributed by atoms with Crippen LogP contribution in [0.3, 0.4) is 0 Å². The molecule has 2 aromatic rings. The molecule has 0 atom stereocenters. The van der Waals surface area contributed by atoms with Gasteiger partial charge in [-0.2, -0.15) is 0 Å². The van der Waals surface area contributed by atoms with Crippen molar-refractivity contribution in [1.82, 2.24) is 4.98 Å². The summed E-state index contributed by atoms with van der Waals surface area (Å²) in [6.07, 6.45) is 10.5. The van der Waals surface area contributed by atoms with Gasteiger partial charge in [-0.25, -0.2) is 0 Å². The molecule has 1 aromatic carbocycles. The number of hydrogen-bond donors (Lipinski definition) is 1. The SMILES string of the molecule is CCN(c1ccc(N)c2cnccc12)C1CCCCC1. The Bertz CT molecular complexity index is 588. The molecule has 0 aliphatic heterocycles. The fraction of sp³-hybridized carbons (Fsp3) is 0.471. The van der Waals surface area contributed by atoms with Crippen LogP contribution in [0.1, 0.15) is 39.0 Å². The molecule has 1 aliphatic rings. The van der Waals surface area contributed by atoms with Gasteiger partial charge in [0.05, 0.1) is 0 Å². The molecule has 106 valence electrons. The van der Waals surface area contributed by atoms with Gasteiger partial charge in [0.25, 0.3) is 0 Å². The average molecular weight is 269 g/mol. The van der Waals surface area contributed by atoms with Gasteiger partial charge in [-0.3, -0.25) is 4.98 Å². The lowest BCUT2D eigenvalue weighted by Gasteiger charge is -2.36. The van der Waals surface area contributed by atoms with Crippen molar-refractivity contribution in [2.75, 3.05) is 17.2 Å². The zero-order valence-electron chi connectivity index (χ0n) is 12.2. The smallest absolute Gasteiger partial charge is 0.0450 e. The van der Waals surface area contributed by atoms with Crippen LogP contribution in [0.15, 0.2) is 30.6 Å². The number of benzene rings is 1. The molecule has 1 fully saturated rings. The second-order valence-electron chi connectivity index (χ2n) is 5.67. The van der Waals surface area contributed by atoms with Crippen molar-refractivity contribution in [2.24, 2.45) is 0 Å². The van der Waals surface area contributed by atoms with Crippen molar-refractivity contribution in [1.29, 1.82) is 0 Å². The minimum Gasteiger partial charge on any atom is -0.398 e. The number of nitrogen functional groups attached to an aromatic ring is 1. The predicted molar refractivity (Wildman–Crippen MR) is 86.0 cm³/mol. The highest BCUT2D eigenvalue weighted by Crippen LogP contribution is 2.34. The molecular weight excluding hydrogens is 246 g/mol. The number of rotatable bonds is 3. The van der Waals surface area contributed by atoms with Gasteiger partial charge in [0.1, 0.15) is 0 Å². The zero-order chi connectivity index (χ0) is 13.9. The summed E-state index contributed by atoms with van der Waals surface area (Å²) in [5.41, 5.74) is 8.21. The third-order valence-electron chi connectivity index (χ3n) is 4.49. The number of nitrogens with zero attached hydrogens (tertiary/aromatic N) is 2. The quantitative estimate of drug-likeness (QED) is 0.857. The van der Waals surface area contributed by atoms with Crippen LogP contribution in [0.5, 0.6) is 0 Å². The largest absolute Gasteiger partial charge is 0.398 e. The van der Waals surface area contributed by atoms with Crippen molar-refractivity contribution < 1.29 is 0 Å². The highest BCUT2D eigenvalue weighted by molar-refractivity contribution is 6.00. The third-order valence-corrected chi connectivity index (χ3v) is 4.49. The maximum Gasteiger partial charge on any atom is 0.0450 e. The fourth-order valence-corrected chi connectivity index (χ4v) is 3.46. The second-order valence-corrected chi connectivity index (χ2v) is 5.67. The normalized spacial score (nSPS) is 16.4. The highest BCUT2D eigenvalue weighted by atomic mass is 15.2. The first-order valence-electron chi connectivity index (χ1n) is 7.70. The molecule has 3 rings (SSSR count). The minimum absolute atomic E-state index is 0.675. The lowest BCUT2D eigenvalue weighted by atomic mass is 9.93. The molecule has 0 amide bonds. The summed E-state index contributed by atoms with van der Waals surface area (Å²) in [6, 6.07) is 6.96. The summed E-state index contributed by atoms with van der Waals surface area (Å²) in [4.78, 5) is 6.77. The Morgan fingerprint density at radius 1 is 1.15 bits per heavy atom.